The fraction of sp³-hybridized carbons (Fsp3) is 0.588. The first-order valence-electron chi connectivity index (χ1n) is 7.64. The van der Waals surface area contributed by atoms with Gasteiger partial charge in [0.05, 0.1) is 5.25 Å². The summed E-state index contributed by atoms with van der Waals surface area (Å²) >= 11 is 0. The second-order valence-corrected chi connectivity index (χ2v) is 8.53. The van der Waals surface area contributed by atoms with Gasteiger partial charge in [0.1, 0.15) is 15.6 Å². The maximum Gasteiger partial charge on any atom is 0.150 e. The number of hydrogen-bond acceptors (Lipinski definition) is 3. The standard InChI is InChI=1S/C17H24O3S/c1-13-6-3-4-7-14(13)10-11-17(18)15-8-5-9-16(12-15)21(2,19)20/h3-4,6-7,15-16H,5,8-12H2,1-2H3. The largest absolute Gasteiger partial charge is 0.299 e. The number of hydrogen-bond donors (Lipinski definition) is 0. The minimum Gasteiger partial charge on any atom is -0.299 e. The molecule has 1 saturated carbocycles. The highest BCUT2D eigenvalue weighted by molar-refractivity contribution is 7.91. The van der Waals surface area contributed by atoms with E-state index >= 15 is 0 Å². The SMILES string of the molecule is Cc1ccccc1CCC(=O)C1CCCC(S(C)(=O)=O)C1. The Morgan fingerprint density at radius 3 is 2.62 bits per heavy atom. The molecule has 0 aromatic heterocycles. The van der Waals surface area contributed by atoms with Crippen molar-refractivity contribution in [3.05, 3.63) is 35.4 Å². The number of sulfone groups is 1. The Morgan fingerprint density at radius 1 is 1.24 bits per heavy atom. The van der Waals surface area contributed by atoms with E-state index in [0.717, 1.165) is 19.3 Å². The first-order valence-corrected chi connectivity index (χ1v) is 9.59. The van der Waals surface area contributed by atoms with Crippen LogP contribution in [0.25, 0.3) is 0 Å². The van der Waals surface area contributed by atoms with Gasteiger partial charge in [-0.1, -0.05) is 30.7 Å². The topological polar surface area (TPSA) is 51.2 Å². The number of carbonyl (C=O) groups is 1. The number of aryl methyl sites for hydroxylation is 2. The van der Waals surface area contributed by atoms with E-state index in [-0.39, 0.29) is 17.0 Å². The average Bonchev–Trinajstić information content (AvgIpc) is 2.45. The number of Topliss-reactive ketones (excluding diaryl/α,β-unsaturated/α-hetero) is 1. The van der Waals surface area contributed by atoms with Crippen LogP contribution in [0.5, 0.6) is 0 Å². The van der Waals surface area contributed by atoms with Crippen molar-refractivity contribution in [2.75, 3.05) is 6.26 Å². The summed E-state index contributed by atoms with van der Waals surface area (Å²) in [6.45, 7) is 2.06. The van der Waals surface area contributed by atoms with Gasteiger partial charge in [0.25, 0.3) is 0 Å². The molecule has 0 amide bonds. The molecule has 2 atom stereocenters. The highest BCUT2D eigenvalue weighted by Crippen LogP contribution is 2.30. The Hall–Kier alpha value is -1.16. The molecule has 116 valence electrons. The zero-order valence-electron chi connectivity index (χ0n) is 12.8. The molecule has 1 aliphatic rings. The third-order valence-electron chi connectivity index (χ3n) is 4.59. The Morgan fingerprint density at radius 2 is 1.95 bits per heavy atom. The van der Waals surface area contributed by atoms with E-state index in [0.29, 0.717) is 19.3 Å². The van der Waals surface area contributed by atoms with Gasteiger partial charge in [-0.2, -0.15) is 0 Å². The maximum absolute atomic E-state index is 12.4. The minimum atomic E-state index is -3.02. The Kier molecular flexibility index (Phi) is 5.20. The van der Waals surface area contributed by atoms with Gasteiger partial charge < -0.3 is 0 Å². The first kappa shape index (κ1) is 16.2. The molecule has 1 aliphatic carbocycles. The van der Waals surface area contributed by atoms with Crippen LogP contribution in [-0.2, 0) is 21.1 Å². The molecule has 0 saturated heterocycles. The lowest BCUT2D eigenvalue weighted by atomic mass is 9.84. The van der Waals surface area contributed by atoms with Crippen molar-refractivity contribution in [3.63, 3.8) is 0 Å². The van der Waals surface area contributed by atoms with Gasteiger partial charge >= 0.3 is 0 Å². The molecular weight excluding hydrogens is 284 g/mol. The van der Waals surface area contributed by atoms with Gasteiger partial charge in [-0.3, -0.25) is 4.79 Å². The summed E-state index contributed by atoms with van der Waals surface area (Å²) in [6.07, 6.45) is 5.48. The van der Waals surface area contributed by atoms with E-state index < -0.39 is 9.84 Å². The maximum atomic E-state index is 12.4. The Labute approximate surface area is 127 Å². The first-order chi connectivity index (χ1) is 9.88. The molecule has 0 heterocycles. The zero-order chi connectivity index (χ0) is 15.5. The lowest BCUT2D eigenvalue weighted by Gasteiger charge is -2.27. The van der Waals surface area contributed by atoms with Crippen LogP contribution in [0, 0.1) is 12.8 Å². The van der Waals surface area contributed by atoms with E-state index in [2.05, 4.69) is 19.1 Å². The molecule has 21 heavy (non-hydrogen) atoms. The molecule has 0 N–H and O–H groups in total. The Balaban J connectivity index is 1.93. The molecule has 4 heteroatoms. The smallest absolute Gasteiger partial charge is 0.150 e. The highest BCUT2D eigenvalue weighted by Gasteiger charge is 2.31. The quantitative estimate of drug-likeness (QED) is 0.840. The summed E-state index contributed by atoms with van der Waals surface area (Å²) in [4.78, 5) is 12.4. The average molecular weight is 308 g/mol. The van der Waals surface area contributed by atoms with Crippen LogP contribution >= 0.6 is 0 Å². The van der Waals surface area contributed by atoms with Gasteiger partial charge in [-0.25, -0.2) is 8.42 Å². The second kappa shape index (κ2) is 6.73. The summed E-state index contributed by atoms with van der Waals surface area (Å²) in [5.74, 6) is 0.161. The summed E-state index contributed by atoms with van der Waals surface area (Å²) in [6, 6.07) is 8.11. The van der Waals surface area contributed by atoms with Crippen LogP contribution in [0.15, 0.2) is 24.3 Å². The van der Waals surface area contributed by atoms with Crippen LogP contribution in [0.2, 0.25) is 0 Å². The minimum absolute atomic E-state index is 0.0671. The van der Waals surface area contributed by atoms with Gasteiger partial charge in [0, 0.05) is 18.6 Å². The number of benzene rings is 1. The normalized spacial score (nSPS) is 23.0. The second-order valence-electron chi connectivity index (χ2n) is 6.21. The van der Waals surface area contributed by atoms with Crippen LogP contribution in [-0.4, -0.2) is 25.7 Å². The molecule has 1 fully saturated rings. The lowest BCUT2D eigenvalue weighted by Crippen LogP contribution is -2.31. The van der Waals surface area contributed by atoms with Crippen LogP contribution in [0.1, 0.15) is 43.2 Å². The molecule has 2 unspecified atom stereocenters. The van der Waals surface area contributed by atoms with Gasteiger partial charge in [0.15, 0.2) is 0 Å². The summed E-state index contributed by atoms with van der Waals surface area (Å²) < 4.78 is 23.3. The molecule has 2 rings (SSSR count). The molecule has 1 aromatic rings. The predicted molar refractivity (Wildman–Crippen MR) is 85.1 cm³/mol. The van der Waals surface area contributed by atoms with Crippen molar-refractivity contribution >= 4 is 15.6 Å². The van der Waals surface area contributed by atoms with E-state index in [1.54, 1.807) is 0 Å². The van der Waals surface area contributed by atoms with E-state index in [1.165, 1.54) is 17.4 Å². The molecule has 0 bridgehead atoms. The fourth-order valence-corrected chi connectivity index (χ4v) is 4.36. The summed E-state index contributed by atoms with van der Waals surface area (Å²) in [7, 11) is -3.02. The lowest BCUT2D eigenvalue weighted by molar-refractivity contribution is -0.123. The van der Waals surface area contributed by atoms with Gasteiger partial charge in [-0.05, 0) is 43.7 Å². The Bertz CT molecular complexity index is 604. The summed E-state index contributed by atoms with van der Waals surface area (Å²) in [5.41, 5.74) is 2.42. The van der Waals surface area contributed by atoms with Crippen molar-refractivity contribution < 1.29 is 13.2 Å². The van der Waals surface area contributed by atoms with Crippen LogP contribution in [0.3, 0.4) is 0 Å². The predicted octanol–water partition coefficient (Wildman–Crippen LogP) is 3.10. The van der Waals surface area contributed by atoms with Crippen molar-refractivity contribution in [3.8, 4) is 0 Å². The number of ketones is 1. The summed E-state index contributed by atoms with van der Waals surface area (Å²) in [5, 5.41) is -0.321. The van der Waals surface area contributed by atoms with Crippen molar-refractivity contribution in [2.45, 2.75) is 50.7 Å². The monoisotopic (exact) mass is 308 g/mol. The number of rotatable bonds is 5. The molecule has 0 aliphatic heterocycles. The van der Waals surface area contributed by atoms with Crippen molar-refractivity contribution in [2.24, 2.45) is 5.92 Å². The molecule has 1 aromatic carbocycles. The van der Waals surface area contributed by atoms with Crippen molar-refractivity contribution in [1.82, 2.24) is 0 Å². The van der Waals surface area contributed by atoms with Gasteiger partial charge in [0.2, 0.25) is 0 Å². The highest BCUT2D eigenvalue weighted by atomic mass is 32.2. The van der Waals surface area contributed by atoms with Gasteiger partial charge in [-0.15, -0.1) is 0 Å². The van der Waals surface area contributed by atoms with Crippen molar-refractivity contribution in [1.29, 1.82) is 0 Å². The number of carbonyl (C=O) groups excluding carboxylic acids is 1. The fourth-order valence-electron chi connectivity index (χ4n) is 3.18. The third-order valence-corrected chi connectivity index (χ3v) is 6.23. The zero-order valence-corrected chi connectivity index (χ0v) is 13.7. The third kappa shape index (κ3) is 4.40. The molecular formula is C17H24O3S. The molecule has 0 radical (unpaired) electrons. The van der Waals surface area contributed by atoms with E-state index in [4.69, 9.17) is 0 Å². The van der Waals surface area contributed by atoms with E-state index in [9.17, 15) is 13.2 Å². The van der Waals surface area contributed by atoms with Crippen LogP contribution < -0.4 is 0 Å². The molecule has 3 nitrogen and oxygen atoms in total. The van der Waals surface area contributed by atoms with Crippen LogP contribution in [0.4, 0.5) is 0 Å². The molecule has 0 spiro atoms. The van der Waals surface area contributed by atoms with E-state index in [1.807, 2.05) is 12.1 Å².